The smallest absolute Gasteiger partial charge is 0.311 e. The van der Waals surface area contributed by atoms with E-state index in [0.717, 1.165) is 50.9 Å². The van der Waals surface area contributed by atoms with E-state index in [2.05, 4.69) is 22.0 Å². The standard InChI is InChI=1S/C16H25N3O3/c1-3-4-7-13-17-14(22-18-13)11(2)19-9-12-6-5-8-16(12,10-19)15(20)21/h11-12H,3-10H2,1-2H3,(H,20,21)/t11?,12-,16+/m0/s1. The first-order valence-corrected chi connectivity index (χ1v) is 8.36. The molecule has 0 aromatic carbocycles. The molecular formula is C16H25N3O3. The Morgan fingerprint density at radius 2 is 2.41 bits per heavy atom. The third kappa shape index (κ3) is 2.53. The highest BCUT2D eigenvalue weighted by molar-refractivity contribution is 5.76. The van der Waals surface area contributed by atoms with Crippen LogP contribution in [-0.2, 0) is 11.2 Å². The number of carboxylic acid groups (broad SMARTS) is 1. The lowest BCUT2D eigenvalue weighted by Crippen LogP contribution is -2.36. The molecule has 6 heteroatoms. The molecule has 1 unspecified atom stereocenters. The lowest BCUT2D eigenvalue weighted by atomic mass is 9.81. The van der Waals surface area contributed by atoms with Crippen molar-refractivity contribution >= 4 is 5.97 Å². The quantitative estimate of drug-likeness (QED) is 0.870. The third-order valence-corrected chi connectivity index (χ3v) is 5.47. The second-order valence-electron chi connectivity index (χ2n) is 6.81. The van der Waals surface area contributed by atoms with Crippen LogP contribution in [0.15, 0.2) is 4.52 Å². The van der Waals surface area contributed by atoms with E-state index in [0.29, 0.717) is 12.4 Å². The largest absolute Gasteiger partial charge is 0.481 e. The molecule has 1 N–H and O–H groups in total. The normalized spacial score (nSPS) is 29.6. The first kappa shape index (κ1) is 15.5. The van der Waals surface area contributed by atoms with Crippen molar-refractivity contribution in [1.29, 1.82) is 0 Å². The van der Waals surface area contributed by atoms with Crippen molar-refractivity contribution in [3.05, 3.63) is 11.7 Å². The van der Waals surface area contributed by atoms with E-state index in [4.69, 9.17) is 4.52 Å². The topological polar surface area (TPSA) is 79.5 Å². The number of rotatable bonds is 6. The summed E-state index contributed by atoms with van der Waals surface area (Å²) >= 11 is 0. The van der Waals surface area contributed by atoms with E-state index in [1.54, 1.807) is 0 Å². The first-order valence-electron chi connectivity index (χ1n) is 8.36. The molecule has 1 aliphatic heterocycles. The maximum absolute atomic E-state index is 11.8. The van der Waals surface area contributed by atoms with E-state index in [1.807, 2.05) is 6.92 Å². The van der Waals surface area contributed by atoms with Gasteiger partial charge in [-0.05, 0) is 32.1 Å². The van der Waals surface area contributed by atoms with Crippen LogP contribution in [0.5, 0.6) is 0 Å². The lowest BCUT2D eigenvalue weighted by molar-refractivity contribution is -0.149. The minimum Gasteiger partial charge on any atom is -0.481 e. The van der Waals surface area contributed by atoms with Crippen LogP contribution in [-0.4, -0.2) is 39.2 Å². The summed E-state index contributed by atoms with van der Waals surface area (Å²) in [5.41, 5.74) is -0.556. The number of fused-ring (bicyclic) bond motifs is 1. The molecule has 0 spiro atoms. The summed E-state index contributed by atoms with van der Waals surface area (Å²) in [6, 6.07) is -0.00954. The zero-order chi connectivity index (χ0) is 15.7. The van der Waals surface area contributed by atoms with Crippen molar-refractivity contribution in [2.45, 2.75) is 58.4 Å². The highest BCUT2D eigenvalue weighted by Gasteiger charge is 2.55. The van der Waals surface area contributed by atoms with Crippen molar-refractivity contribution in [3.8, 4) is 0 Å². The number of aromatic nitrogens is 2. The van der Waals surface area contributed by atoms with Crippen LogP contribution in [0.2, 0.25) is 0 Å². The van der Waals surface area contributed by atoms with E-state index < -0.39 is 11.4 Å². The number of hydrogen-bond donors (Lipinski definition) is 1. The molecule has 0 amide bonds. The molecule has 2 aliphatic rings. The van der Waals surface area contributed by atoms with Crippen LogP contribution in [0.1, 0.15) is 63.7 Å². The van der Waals surface area contributed by atoms with E-state index in [9.17, 15) is 9.90 Å². The molecule has 22 heavy (non-hydrogen) atoms. The van der Waals surface area contributed by atoms with Crippen LogP contribution in [0.3, 0.4) is 0 Å². The molecule has 2 heterocycles. The zero-order valence-electron chi connectivity index (χ0n) is 13.4. The Labute approximate surface area is 130 Å². The molecule has 1 saturated carbocycles. The fourth-order valence-electron chi connectivity index (χ4n) is 4.00. The Balaban J connectivity index is 1.70. The van der Waals surface area contributed by atoms with Crippen molar-refractivity contribution in [3.63, 3.8) is 0 Å². The summed E-state index contributed by atoms with van der Waals surface area (Å²) in [6.45, 7) is 5.59. The van der Waals surface area contributed by atoms with Gasteiger partial charge in [0.15, 0.2) is 5.82 Å². The Morgan fingerprint density at radius 3 is 3.09 bits per heavy atom. The number of unbranched alkanes of at least 4 members (excludes halogenated alkanes) is 1. The van der Waals surface area contributed by atoms with Gasteiger partial charge in [-0.3, -0.25) is 9.69 Å². The van der Waals surface area contributed by atoms with Crippen LogP contribution in [0.25, 0.3) is 0 Å². The predicted octanol–water partition coefficient (Wildman–Crippen LogP) is 2.66. The number of aryl methyl sites for hydroxylation is 1. The predicted molar refractivity (Wildman–Crippen MR) is 80.3 cm³/mol. The average molecular weight is 307 g/mol. The van der Waals surface area contributed by atoms with Crippen molar-refractivity contribution in [2.75, 3.05) is 13.1 Å². The Kier molecular flexibility index (Phi) is 4.21. The summed E-state index contributed by atoms with van der Waals surface area (Å²) in [4.78, 5) is 18.4. The monoisotopic (exact) mass is 307 g/mol. The van der Waals surface area contributed by atoms with Gasteiger partial charge < -0.3 is 9.63 Å². The highest BCUT2D eigenvalue weighted by Crippen LogP contribution is 2.50. The van der Waals surface area contributed by atoms with Gasteiger partial charge in [-0.25, -0.2) is 0 Å². The zero-order valence-corrected chi connectivity index (χ0v) is 13.4. The Morgan fingerprint density at radius 1 is 1.59 bits per heavy atom. The molecule has 3 atom stereocenters. The summed E-state index contributed by atoms with van der Waals surface area (Å²) in [5.74, 6) is 0.997. The van der Waals surface area contributed by atoms with Crippen molar-refractivity contribution < 1.29 is 14.4 Å². The van der Waals surface area contributed by atoms with Gasteiger partial charge in [0, 0.05) is 19.5 Å². The minimum atomic E-state index is -0.640. The van der Waals surface area contributed by atoms with Crippen LogP contribution in [0, 0.1) is 11.3 Å². The fraction of sp³-hybridized carbons (Fsp3) is 0.812. The number of aliphatic carboxylic acids is 1. The molecule has 2 fully saturated rings. The SMILES string of the molecule is CCCCc1noc(C(C)N2C[C@@H]3CCC[C@@]3(C(=O)O)C2)n1. The number of carboxylic acids is 1. The molecule has 1 aromatic rings. The lowest BCUT2D eigenvalue weighted by Gasteiger charge is -2.25. The molecule has 0 bridgehead atoms. The van der Waals surface area contributed by atoms with Crippen LogP contribution in [0.4, 0.5) is 0 Å². The van der Waals surface area contributed by atoms with Gasteiger partial charge in [0.1, 0.15) is 0 Å². The second kappa shape index (κ2) is 5.99. The van der Waals surface area contributed by atoms with Gasteiger partial charge in [0.05, 0.1) is 11.5 Å². The maximum Gasteiger partial charge on any atom is 0.311 e. The van der Waals surface area contributed by atoms with Gasteiger partial charge in [0.25, 0.3) is 0 Å². The van der Waals surface area contributed by atoms with E-state index in [1.165, 1.54) is 0 Å². The van der Waals surface area contributed by atoms with Gasteiger partial charge >= 0.3 is 5.97 Å². The van der Waals surface area contributed by atoms with E-state index in [-0.39, 0.29) is 12.0 Å². The third-order valence-electron chi connectivity index (χ3n) is 5.47. The molecule has 1 aromatic heterocycles. The van der Waals surface area contributed by atoms with Crippen molar-refractivity contribution in [1.82, 2.24) is 15.0 Å². The Bertz CT molecular complexity index is 544. The molecule has 122 valence electrons. The molecule has 1 saturated heterocycles. The molecule has 1 aliphatic carbocycles. The molecule has 3 rings (SSSR count). The van der Waals surface area contributed by atoms with Gasteiger partial charge in [0.2, 0.25) is 5.89 Å². The molecular weight excluding hydrogens is 282 g/mol. The number of carbonyl (C=O) groups is 1. The van der Waals surface area contributed by atoms with Gasteiger partial charge in [-0.1, -0.05) is 24.9 Å². The van der Waals surface area contributed by atoms with E-state index >= 15 is 0 Å². The Hall–Kier alpha value is -1.43. The first-order chi connectivity index (χ1) is 10.6. The molecule has 0 radical (unpaired) electrons. The summed E-state index contributed by atoms with van der Waals surface area (Å²) in [6.07, 6.45) is 5.84. The van der Waals surface area contributed by atoms with Crippen molar-refractivity contribution in [2.24, 2.45) is 11.3 Å². The second-order valence-corrected chi connectivity index (χ2v) is 6.81. The minimum absolute atomic E-state index is 0.00954. The highest BCUT2D eigenvalue weighted by atomic mass is 16.5. The summed E-state index contributed by atoms with van der Waals surface area (Å²) < 4.78 is 5.40. The maximum atomic E-state index is 11.8. The van der Waals surface area contributed by atoms with Crippen LogP contribution < -0.4 is 0 Å². The molecule has 6 nitrogen and oxygen atoms in total. The fourth-order valence-corrected chi connectivity index (χ4v) is 4.00. The van der Waals surface area contributed by atoms with Crippen LogP contribution >= 0.6 is 0 Å². The summed E-state index contributed by atoms with van der Waals surface area (Å²) in [7, 11) is 0. The number of nitrogens with zero attached hydrogens (tertiary/aromatic N) is 3. The number of hydrogen-bond acceptors (Lipinski definition) is 5. The van der Waals surface area contributed by atoms with Gasteiger partial charge in [-0.2, -0.15) is 4.98 Å². The summed E-state index contributed by atoms with van der Waals surface area (Å²) in [5, 5.41) is 13.7. The number of likely N-dealkylation sites (tertiary alicyclic amines) is 1. The van der Waals surface area contributed by atoms with Gasteiger partial charge in [-0.15, -0.1) is 0 Å². The average Bonchev–Trinajstić information content (AvgIpc) is 3.17.